The van der Waals surface area contributed by atoms with Gasteiger partial charge in [-0.15, -0.1) is 0 Å². The van der Waals surface area contributed by atoms with Crippen LogP contribution in [0.5, 0.6) is 0 Å². The van der Waals surface area contributed by atoms with Crippen LogP contribution in [0.4, 0.5) is 10.3 Å². The lowest BCUT2D eigenvalue weighted by atomic mass is 10.2. The predicted molar refractivity (Wildman–Crippen MR) is 54.8 cm³/mol. The molecule has 6 heteroatoms. The van der Waals surface area contributed by atoms with Crippen molar-refractivity contribution < 1.29 is 13.6 Å². The molecular formula is C10H8FN3O2. The van der Waals surface area contributed by atoms with E-state index in [1.165, 1.54) is 18.2 Å². The lowest BCUT2D eigenvalue weighted by Crippen LogP contribution is -2.13. The summed E-state index contributed by atoms with van der Waals surface area (Å²) >= 11 is 0. The zero-order valence-electron chi connectivity index (χ0n) is 8.11. The first-order valence-electron chi connectivity index (χ1n) is 4.40. The maximum atomic E-state index is 12.9. The zero-order chi connectivity index (χ0) is 11.7. The van der Waals surface area contributed by atoms with Crippen molar-refractivity contribution in [3.63, 3.8) is 0 Å². The van der Waals surface area contributed by atoms with Gasteiger partial charge in [-0.3, -0.25) is 4.79 Å². The number of carbonyl (C=O) groups excluding carboxylic acids is 1. The molecule has 1 heterocycles. The average molecular weight is 221 g/mol. The molecule has 2 rings (SSSR count). The number of halogens is 1. The number of amides is 1. The number of primary amides is 1. The molecule has 0 bridgehead atoms. The topological polar surface area (TPSA) is 95.1 Å². The Morgan fingerprint density at radius 2 is 2.19 bits per heavy atom. The molecule has 1 amide bonds. The van der Waals surface area contributed by atoms with Crippen molar-refractivity contribution >= 4 is 11.8 Å². The van der Waals surface area contributed by atoms with Gasteiger partial charge in [0.1, 0.15) is 5.82 Å². The normalized spacial score (nSPS) is 10.3. The highest BCUT2D eigenvalue weighted by atomic mass is 19.1. The first kappa shape index (κ1) is 10.2. The van der Waals surface area contributed by atoms with Crippen molar-refractivity contribution in [3.8, 4) is 11.5 Å². The third kappa shape index (κ3) is 1.72. The van der Waals surface area contributed by atoms with E-state index in [1.807, 2.05) is 0 Å². The molecule has 0 aliphatic carbocycles. The number of rotatable bonds is 2. The van der Waals surface area contributed by atoms with Gasteiger partial charge in [-0.05, 0) is 18.2 Å². The van der Waals surface area contributed by atoms with E-state index in [4.69, 9.17) is 15.9 Å². The maximum Gasteiger partial charge on any atom is 0.273 e. The third-order valence-corrected chi connectivity index (χ3v) is 1.96. The third-order valence-electron chi connectivity index (χ3n) is 1.96. The summed E-state index contributed by atoms with van der Waals surface area (Å²) in [6.45, 7) is 0. The molecule has 0 atom stereocenters. The minimum atomic E-state index is -0.788. The highest BCUT2D eigenvalue weighted by Crippen LogP contribution is 2.23. The number of nitrogen functional groups attached to an aromatic ring is 1. The number of carbonyl (C=O) groups is 1. The first-order chi connectivity index (χ1) is 7.58. The van der Waals surface area contributed by atoms with Crippen molar-refractivity contribution in [2.45, 2.75) is 0 Å². The Kier molecular flexibility index (Phi) is 2.32. The van der Waals surface area contributed by atoms with Crippen LogP contribution in [0, 0.1) is 5.82 Å². The Labute approximate surface area is 89.9 Å². The molecule has 0 radical (unpaired) electrons. The molecule has 0 aliphatic rings. The highest BCUT2D eigenvalue weighted by molar-refractivity contribution is 5.95. The monoisotopic (exact) mass is 221 g/mol. The zero-order valence-corrected chi connectivity index (χ0v) is 8.11. The molecule has 0 aliphatic heterocycles. The number of benzene rings is 1. The van der Waals surface area contributed by atoms with Gasteiger partial charge in [0.05, 0.1) is 0 Å². The van der Waals surface area contributed by atoms with Gasteiger partial charge in [-0.2, -0.15) is 0 Å². The first-order valence-corrected chi connectivity index (χ1v) is 4.40. The molecule has 0 fully saturated rings. The quantitative estimate of drug-likeness (QED) is 0.795. The van der Waals surface area contributed by atoms with E-state index in [2.05, 4.69) is 4.98 Å². The van der Waals surface area contributed by atoms with Crippen LogP contribution in [0.1, 0.15) is 10.5 Å². The summed E-state index contributed by atoms with van der Waals surface area (Å²) in [6, 6.07) is 5.58. The number of aromatic nitrogens is 1. The van der Waals surface area contributed by atoms with E-state index >= 15 is 0 Å². The second kappa shape index (κ2) is 3.65. The molecule has 0 saturated heterocycles. The van der Waals surface area contributed by atoms with Crippen LogP contribution in [-0.4, -0.2) is 10.9 Å². The molecule has 0 unspecified atom stereocenters. The number of hydrogen-bond donors (Lipinski definition) is 2. The van der Waals surface area contributed by atoms with Crippen LogP contribution in [-0.2, 0) is 0 Å². The number of nitrogens with zero attached hydrogens (tertiary/aromatic N) is 1. The second-order valence-corrected chi connectivity index (χ2v) is 3.11. The number of anilines is 1. The summed E-state index contributed by atoms with van der Waals surface area (Å²) in [6.07, 6.45) is 0. The van der Waals surface area contributed by atoms with Gasteiger partial charge < -0.3 is 15.9 Å². The van der Waals surface area contributed by atoms with Gasteiger partial charge in [0, 0.05) is 5.56 Å². The molecule has 4 N–H and O–H groups in total. The summed E-state index contributed by atoms with van der Waals surface area (Å²) < 4.78 is 17.9. The average Bonchev–Trinajstić information content (AvgIpc) is 2.60. The van der Waals surface area contributed by atoms with E-state index in [1.54, 1.807) is 6.07 Å². The smallest absolute Gasteiger partial charge is 0.273 e. The maximum absolute atomic E-state index is 12.9. The lowest BCUT2D eigenvalue weighted by molar-refractivity contribution is 0.0996. The van der Waals surface area contributed by atoms with E-state index in [9.17, 15) is 9.18 Å². The number of oxazole rings is 1. The molecule has 1 aromatic heterocycles. The number of nitrogens with two attached hydrogens (primary N) is 2. The number of hydrogen-bond acceptors (Lipinski definition) is 4. The molecule has 0 spiro atoms. The van der Waals surface area contributed by atoms with E-state index in [0.29, 0.717) is 5.56 Å². The summed E-state index contributed by atoms with van der Waals surface area (Å²) in [5.41, 5.74) is 10.6. The largest absolute Gasteiger partial charge is 0.420 e. The predicted octanol–water partition coefficient (Wildman–Crippen LogP) is 1.16. The summed E-state index contributed by atoms with van der Waals surface area (Å²) in [7, 11) is 0. The molecule has 5 nitrogen and oxygen atoms in total. The fourth-order valence-electron chi connectivity index (χ4n) is 1.25. The van der Waals surface area contributed by atoms with E-state index in [0.717, 1.165) is 0 Å². The summed E-state index contributed by atoms with van der Waals surface area (Å²) in [5, 5.41) is 0. The van der Waals surface area contributed by atoms with Crippen LogP contribution in [0.25, 0.3) is 11.5 Å². The lowest BCUT2D eigenvalue weighted by Gasteiger charge is -1.93. The van der Waals surface area contributed by atoms with Gasteiger partial charge in [-0.25, -0.2) is 9.37 Å². The van der Waals surface area contributed by atoms with Gasteiger partial charge in [-0.1, -0.05) is 6.07 Å². The second-order valence-electron chi connectivity index (χ2n) is 3.11. The molecule has 0 saturated carbocycles. The van der Waals surface area contributed by atoms with Crippen LogP contribution in [0.3, 0.4) is 0 Å². The van der Waals surface area contributed by atoms with Crippen LogP contribution in [0.2, 0.25) is 0 Å². The van der Waals surface area contributed by atoms with E-state index in [-0.39, 0.29) is 17.5 Å². The van der Waals surface area contributed by atoms with Gasteiger partial charge >= 0.3 is 0 Å². The van der Waals surface area contributed by atoms with Crippen LogP contribution < -0.4 is 11.5 Å². The van der Waals surface area contributed by atoms with Gasteiger partial charge in [0.25, 0.3) is 5.91 Å². The minimum Gasteiger partial charge on any atom is -0.420 e. The molecular weight excluding hydrogens is 213 g/mol. The van der Waals surface area contributed by atoms with E-state index < -0.39 is 11.7 Å². The van der Waals surface area contributed by atoms with Crippen molar-refractivity contribution in [3.05, 3.63) is 35.8 Å². The Hall–Kier alpha value is -2.37. The van der Waals surface area contributed by atoms with Crippen molar-refractivity contribution in [2.24, 2.45) is 5.73 Å². The van der Waals surface area contributed by atoms with Crippen molar-refractivity contribution in [1.29, 1.82) is 0 Å². The van der Waals surface area contributed by atoms with Crippen molar-refractivity contribution in [1.82, 2.24) is 4.98 Å². The SMILES string of the molecule is NC(=O)c1nc(-c2cccc(F)c2)oc1N. The van der Waals surface area contributed by atoms with Crippen molar-refractivity contribution in [2.75, 3.05) is 5.73 Å². The summed E-state index contributed by atoms with van der Waals surface area (Å²) in [5.74, 6) is -1.34. The molecule has 2 aromatic rings. The molecule has 1 aromatic carbocycles. The Morgan fingerprint density at radius 3 is 2.75 bits per heavy atom. The standard InChI is InChI=1S/C10H8FN3O2/c11-6-3-1-2-5(4-6)10-14-7(8(12)15)9(13)16-10/h1-4H,13H2,(H2,12,15). The fraction of sp³-hybridized carbons (Fsp3) is 0. The molecule has 16 heavy (non-hydrogen) atoms. The Morgan fingerprint density at radius 1 is 1.44 bits per heavy atom. The Balaban J connectivity index is 2.49. The minimum absolute atomic E-state index is 0.0609. The van der Waals surface area contributed by atoms with Crippen LogP contribution >= 0.6 is 0 Å². The van der Waals surface area contributed by atoms with Gasteiger partial charge in [0.2, 0.25) is 11.8 Å². The Bertz CT molecular complexity index is 551. The summed E-state index contributed by atoms with van der Waals surface area (Å²) in [4.78, 5) is 14.7. The molecule has 82 valence electrons. The fourth-order valence-corrected chi connectivity index (χ4v) is 1.25. The van der Waals surface area contributed by atoms with Gasteiger partial charge in [0.15, 0.2) is 5.69 Å². The van der Waals surface area contributed by atoms with Crippen LogP contribution in [0.15, 0.2) is 28.7 Å². The highest BCUT2D eigenvalue weighted by Gasteiger charge is 2.16.